The van der Waals surface area contributed by atoms with Gasteiger partial charge in [0.2, 0.25) is 0 Å². The van der Waals surface area contributed by atoms with Crippen molar-refractivity contribution in [1.29, 1.82) is 0 Å². The Bertz CT molecular complexity index is 211. The van der Waals surface area contributed by atoms with Crippen LogP contribution in [-0.2, 0) is 4.74 Å². The van der Waals surface area contributed by atoms with Gasteiger partial charge >= 0.3 is 6.03 Å². The maximum atomic E-state index is 11.9. The Morgan fingerprint density at radius 1 is 1.47 bits per heavy atom. The second kappa shape index (κ2) is 9.50. The molecule has 1 heterocycles. The summed E-state index contributed by atoms with van der Waals surface area (Å²) in [5, 5.41) is 2.91. The van der Waals surface area contributed by atoms with E-state index in [4.69, 9.17) is 10.5 Å². The molecule has 3 N–H and O–H groups in total. The van der Waals surface area contributed by atoms with E-state index in [-0.39, 0.29) is 24.5 Å². The van der Waals surface area contributed by atoms with Gasteiger partial charge < -0.3 is 20.7 Å². The van der Waals surface area contributed by atoms with Crippen LogP contribution in [0.5, 0.6) is 0 Å². The molecule has 0 unspecified atom stereocenters. The first-order valence-corrected chi connectivity index (χ1v) is 6.11. The van der Waals surface area contributed by atoms with Gasteiger partial charge in [-0.05, 0) is 19.3 Å². The van der Waals surface area contributed by atoms with E-state index in [9.17, 15) is 4.79 Å². The lowest BCUT2D eigenvalue weighted by Crippen LogP contribution is -2.50. The molecular weight excluding hydrogens is 242 g/mol. The fourth-order valence-corrected chi connectivity index (χ4v) is 1.92. The zero-order valence-electron chi connectivity index (χ0n) is 10.5. The van der Waals surface area contributed by atoms with E-state index in [0.717, 1.165) is 39.0 Å². The summed E-state index contributed by atoms with van der Waals surface area (Å²) in [5.74, 6) is 0. The maximum Gasteiger partial charge on any atom is 0.317 e. The van der Waals surface area contributed by atoms with E-state index in [1.54, 1.807) is 0 Å². The lowest BCUT2D eigenvalue weighted by Gasteiger charge is -2.34. The number of hydrogen-bond donors (Lipinski definition) is 2. The Kier molecular flexibility index (Phi) is 9.21. The van der Waals surface area contributed by atoms with Crippen molar-refractivity contribution in [3.8, 4) is 0 Å². The Morgan fingerprint density at radius 3 is 2.65 bits per heavy atom. The maximum absolute atomic E-state index is 11.9. The van der Waals surface area contributed by atoms with Crippen LogP contribution in [-0.4, -0.2) is 49.8 Å². The molecule has 0 aromatic heterocycles. The standard InChI is InChI=1S/C11H23N3O2.ClH/c1-2-6-13-11(15)14(7-5-12)10-3-8-16-9-4-10;/h10H,2-9,12H2,1H3,(H,13,15);1H. The average molecular weight is 266 g/mol. The summed E-state index contributed by atoms with van der Waals surface area (Å²) >= 11 is 0. The molecule has 1 saturated heterocycles. The third kappa shape index (κ3) is 5.57. The first-order chi connectivity index (χ1) is 7.79. The Balaban J connectivity index is 0.00000256. The molecule has 0 spiro atoms. The summed E-state index contributed by atoms with van der Waals surface area (Å²) in [6.07, 6.45) is 2.79. The average Bonchev–Trinajstić information content (AvgIpc) is 2.34. The number of nitrogens with one attached hydrogen (secondary N) is 1. The van der Waals surface area contributed by atoms with Crippen LogP contribution >= 0.6 is 12.4 Å². The summed E-state index contributed by atoms with van der Waals surface area (Å²) in [6, 6.07) is 0.299. The number of amides is 2. The van der Waals surface area contributed by atoms with E-state index in [1.807, 2.05) is 11.8 Å². The number of nitrogens with two attached hydrogens (primary N) is 1. The summed E-state index contributed by atoms with van der Waals surface area (Å²) in [5.41, 5.74) is 5.55. The van der Waals surface area contributed by atoms with Crippen LogP contribution in [0, 0.1) is 0 Å². The number of halogens is 1. The molecule has 2 amide bonds. The second-order valence-corrected chi connectivity index (χ2v) is 4.06. The SMILES string of the molecule is CCCNC(=O)N(CCN)C1CCOCC1.Cl. The number of carbonyl (C=O) groups is 1. The Labute approximate surface area is 109 Å². The van der Waals surface area contributed by atoms with Gasteiger partial charge in [-0.1, -0.05) is 6.92 Å². The number of ether oxygens (including phenoxy) is 1. The molecule has 1 aliphatic rings. The first-order valence-electron chi connectivity index (χ1n) is 6.11. The molecule has 102 valence electrons. The van der Waals surface area contributed by atoms with Crippen LogP contribution in [0.3, 0.4) is 0 Å². The topological polar surface area (TPSA) is 67.6 Å². The van der Waals surface area contributed by atoms with Gasteiger partial charge in [0.05, 0.1) is 0 Å². The molecule has 1 fully saturated rings. The fraction of sp³-hybridized carbons (Fsp3) is 0.909. The second-order valence-electron chi connectivity index (χ2n) is 4.06. The molecule has 6 heteroatoms. The molecule has 0 aromatic carbocycles. The first kappa shape index (κ1) is 16.5. The lowest BCUT2D eigenvalue weighted by atomic mass is 10.1. The Hall–Kier alpha value is -0.520. The monoisotopic (exact) mass is 265 g/mol. The van der Waals surface area contributed by atoms with Gasteiger partial charge in [-0.15, -0.1) is 12.4 Å². The quantitative estimate of drug-likeness (QED) is 0.778. The van der Waals surface area contributed by atoms with Gasteiger partial charge in [0.15, 0.2) is 0 Å². The third-order valence-electron chi connectivity index (χ3n) is 2.79. The largest absolute Gasteiger partial charge is 0.381 e. The van der Waals surface area contributed by atoms with E-state index in [1.165, 1.54) is 0 Å². The molecule has 0 atom stereocenters. The van der Waals surface area contributed by atoms with E-state index in [2.05, 4.69) is 5.32 Å². The van der Waals surface area contributed by atoms with Crippen molar-refractivity contribution >= 4 is 18.4 Å². The van der Waals surface area contributed by atoms with Crippen molar-refractivity contribution in [2.24, 2.45) is 5.73 Å². The fourth-order valence-electron chi connectivity index (χ4n) is 1.92. The molecule has 1 aliphatic heterocycles. The van der Waals surface area contributed by atoms with Crippen molar-refractivity contribution in [3.63, 3.8) is 0 Å². The van der Waals surface area contributed by atoms with Crippen LogP contribution in [0.15, 0.2) is 0 Å². The smallest absolute Gasteiger partial charge is 0.317 e. The minimum atomic E-state index is 0. The predicted molar refractivity (Wildman–Crippen MR) is 70.5 cm³/mol. The molecule has 0 bridgehead atoms. The van der Waals surface area contributed by atoms with E-state index < -0.39 is 0 Å². The number of rotatable bonds is 5. The molecule has 5 nitrogen and oxygen atoms in total. The van der Waals surface area contributed by atoms with Crippen LogP contribution in [0.4, 0.5) is 4.79 Å². The zero-order chi connectivity index (χ0) is 11.8. The minimum absolute atomic E-state index is 0. The van der Waals surface area contributed by atoms with Crippen LogP contribution < -0.4 is 11.1 Å². The van der Waals surface area contributed by atoms with Gasteiger partial charge in [0.1, 0.15) is 0 Å². The number of carbonyl (C=O) groups excluding carboxylic acids is 1. The van der Waals surface area contributed by atoms with Crippen molar-refractivity contribution in [2.45, 2.75) is 32.2 Å². The van der Waals surface area contributed by atoms with Crippen LogP contribution in [0.25, 0.3) is 0 Å². The minimum Gasteiger partial charge on any atom is -0.381 e. The highest BCUT2D eigenvalue weighted by Gasteiger charge is 2.24. The normalized spacial score (nSPS) is 16.1. The summed E-state index contributed by atoms with van der Waals surface area (Å²) in [4.78, 5) is 13.8. The number of hydrogen-bond acceptors (Lipinski definition) is 3. The Morgan fingerprint density at radius 2 is 2.12 bits per heavy atom. The summed E-state index contributed by atoms with van der Waals surface area (Å²) < 4.78 is 5.30. The van der Waals surface area contributed by atoms with Gasteiger partial charge in [0.25, 0.3) is 0 Å². The number of nitrogens with zero attached hydrogens (tertiary/aromatic N) is 1. The molecule has 0 radical (unpaired) electrons. The zero-order valence-corrected chi connectivity index (χ0v) is 11.3. The highest BCUT2D eigenvalue weighted by molar-refractivity contribution is 5.85. The van der Waals surface area contributed by atoms with Gasteiger partial charge in [-0.3, -0.25) is 0 Å². The predicted octanol–water partition coefficient (Wildman–Crippen LogP) is 0.967. The van der Waals surface area contributed by atoms with E-state index in [0.29, 0.717) is 13.1 Å². The number of urea groups is 1. The highest BCUT2D eigenvalue weighted by atomic mass is 35.5. The summed E-state index contributed by atoms with van der Waals surface area (Å²) in [7, 11) is 0. The van der Waals surface area contributed by atoms with Crippen molar-refractivity contribution in [3.05, 3.63) is 0 Å². The molecule has 1 rings (SSSR count). The van der Waals surface area contributed by atoms with Crippen molar-refractivity contribution in [1.82, 2.24) is 10.2 Å². The lowest BCUT2D eigenvalue weighted by molar-refractivity contribution is 0.0467. The van der Waals surface area contributed by atoms with Gasteiger partial charge in [-0.25, -0.2) is 4.79 Å². The third-order valence-corrected chi connectivity index (χ3v) is 2.79. The molecule has 0 aromatic rings. The summed E-state index contributed by atoms with van der Waals surface area (Å²) in [6.45, 7) is 5.39. The van der Waals surface area contributed by atoms with Gasteiger partial charge in [-0.2, -0.15) is 0 Å². The van der Waals surface area contributed by atoms with Gasteiger partial charge in [0, 0.05) is 38.9 Å². The van der Waals surface area contributed by atoms with E-state index >= 15 is 0 Å². The molecule has 0 aliphatic carbocycles. The van der Waals surface area contributed by atoms with Crippen LogP contribution in [0.2, 0.25) is 0 Å². The molecular formula is C11H24ClN3O2. The van der Waals surface area contributed by atoms with Crippen LogP contribution in [0.1, 0.15) is 26.2 Å². The van der Waals surface area contributed by atoms with Crippen molar-refractivity contribution in [2.75, 3.05) is 32.8 Å². The molecule has 17 heavy (non-hydrogen) atoms. The highest BCUT2D eigenvalue weighted by Crippen LogP contribution is 2.14. The molecule has 0 saturated carbocycles. The van der Waals surface area contributed by atoms with Crippen molar-refractivity contribution < 1.29 is 9.53 Å².